The van der Waals surface area contributed by atoms with Gasteiger partial charge in [0.25, 0.3) is 0 Å². The average Bonchev–Trinajstić information content (AvgIpc) is 2.72. The smallest absolute Gasteiger partial charge is 0.119 e. The van der Waals surface area contributed by atoms with Crippen molar-refractivity contribution in [3.8, 4) is 17.0 Å². The first-order valence-electron chi connectivity index (χ1n) is 5.73. The summed E-state index contributed by atoms with van der Waals surface area (Å²) in [6, 6.07) is 8.09. The van der Waals surface area contributed by atoms with Crippen LogP contribution < -0.4 is 4.74 Å². The number of benzene rings is 1. The van der Waals surface area contributed by atoms with Gasteiger partial charge in [0.1, 0.15) is 5.75 Å². The van der Waals surface area contributed by atoms with Gasteiger partial charge in [-0.3, -0.25) is 0 Å². The lowest BCUT2D eigenvalue weighted by Gasteiger charge is -2.06. The molecule has 1 aromatic carbocycles. The highest BCUT2D eigenvalue weighted by Crippen LogP contribution is 2.34. The van der Waals surface area contributed by atoms with E-state index < -0.39 is 0 Å². The van der Waals surface area contributed by atoms with E-state index in [9.17, 15) is 0 Å². The molecule has 2 nitrogen and oxygen atoms in total. The van der Waals surface area contributed by atoms with E-state index in [-0.39, 0.29) is 0 Å². The first-order chi connectivity index (χ1) is 8.11. The molecule has 0 aliphatic carbocycles. The van der Waals surface area contributed by atoms with Crippen molar-refractivity contribution in [1.82, 2.24) is 4.98 Å². The highest BCUT2D eigenvalue weighted by molar-refractivity contribution is 7.12. The van der Waals surface area contributed by atoms with Gasteiger partial charge >= 0.3 is 0 Å². The topological polar surface area (TPSA) is 22.1 Å². The lowest BCUT2D eigenvalue weighted by Crippen LogP contribution is -1.89. The molecular formula is C14H17NOS. The number of methoxy groups -OCH3 is 1. The van der Waals surface area contributed by atoms with E-state index in [1.54, 1.807) is 18.4 Å². The van der Waals surface area contributed by atoms with Crippen LogP contribution in [-0.2, 0) is 0 Å². The molecule has 0 aliphatic rings. The molecule has 0 amide bonds. The molecule has 0 fully saturated rings. The van der Waals surface area contributed by atoms with Crippen LogP contribution in [0.3, 0.4) is 0 Å². The van der Waals surface area contributed by atoms with Crippen molar-refractivity contribution in [2.75, 3.05) is 7.11 Å². The second-order valence-electron chi connectivity index (χ2n) is 4.33. The summed E-state index contributed by atoms with van der Waals surface area (Å²) in [5.74, 6) is 1.38. The Kier molecular flexibility index (Phi) is 3.48. The van der Waals surface area contributed by atoms with E-state index in [1.165, 1.54) is 4.88 Å². The fourth-order valence-corrected chi connectivity index (χ4v) is 2.76. The molecule has 0 saturated heterocycles. The maximum Gasteiger partial charge on any atom is 0.119 e. The van der Waals surface area contributed by atoms with Crippen LogP contribution in [0.15, 0.2) is 24.3 Å². The molecule has 0 radical (unpaired) electrons. The van der Waals surface area contributed by atoms with Crippen LogP contribution in [0.25, 0.3) is 11.3 Å². The third kappa shape index (κ3) is 2.50. The second kappa shape index (κ2) is 4.88. The Labute approximate surface area is 106 Å². The monoisotopic (exact) mass is 247 g/mol. The summed E-state index contributed by atoms with van der Waals surface area (Å²) >= 11 is 1.78. The summed E-state index contributed by atoms with van der Waals surface area (Å²) in [7, 11) is 1.69. The van der Waals surface area contributed by atoms with Crippen molar-refractivity contribution >= 4 is 11.3 Å². The van der Waals surface area contributed by atoms with Crippen LogP contribution in [0.2, 0.25) is 0 Å². The molecule has 1 aromatic heterocycles. The minimum absolute atomic E-state index is 0.502. The Morgan fingerprint density at radius 3 is 2.71 bits per heavy atom. The van der Waals surface area contributed by atoms with E-state index in [0.717, 1.165) is 22.0 Å². The van der Waals surface area contributed by atoms with Gasteiger partial charge in [-0.25, -0.2) is 4.98 Å². The minimum atomic E-state index is 0.502. The highest BCUT2D eigenvalue weighted by atomic mass is 32.1. The van der Waals surface area contributed by atoms with E-state index in [1.807, 2.05) is 18.2 Å². The van der Waals surface area contributed by atoms with Crippen LogP contribution in [0.4, 0.5) is 0 Å². The van der Waals surface area contributed by atoms with Crippen molar-refractivity contribution < 1.29 is 4.74 Å². The molecule has 0 unspecified atom stereocenters. The van der Waals surface area contributed by atoms with Crippen LogP contribution in [0.1, 0.15) is 29.7 Å². The molecule has 0 N–H and O–H groups in total. The summed E-state index contributed by atoms with van der Waals surface area (Å²) < 4.78 is 5.26. The number of nitrogens with zero attached hydrogens (tertiary/aromatic N) is 1. The Balaban J connectivity index is 2.51. The SMILES string of the molecule is COc1cccc(-c2nc(C)sc2C(C)C)c1. The largest absolute Gasteiger partial charge is 0.497 e. The molecule has 1 heterocycles. The van der Waals surface area contributed by atoms with Crippen molar-refractivity contribution in [3.63, 3.8) is 0 Å². The third-order valence-corrected chi connectivity index (χ3v) is 3.90. The van der Waals surface area contributed by atoms with Crippen LogP contribution in [0, 0.1) is 6.92 Å². The van der Waals surface area contributed by atoms with Gasteiger partial charge < -0.3 is 4.74 Å². The molecule has 0 saturated carbocycles. The Hall–Kier alpha value is -1.35. The summed E-state index contributed by atoms with van der Waals surface area (Å²) in [5, 5.41) is 1.12. The zero-order chi connectivity index (χ0) is 12.4. The predicted molar refractivity (Wildman–Crippen MR) is 72.9 cm³/mol. The van der Waals surface area contributed by atoms with E-state index in [0.29, 0.717) is 5.92 Å². The number of aromatic nitrogens is 1. The molecule has 0 aliphatic heterocycles. The maximum atomic E-state index is 5.26. The van der Waals surface area contributed by atoms with Crippen molar-refractivity contribution in [2.24, 2.45) is 0 Å². The lowest BCUT2D eigenvalue weighted by atomic mass is 10.1. The normalized spacial score (nSPS) is 10.9. The molecule has 0 bridgehead atoms. The predicted octanol–water partition coefficient (Wildman–Crippen LogP) is 4.25. The fraction of sp³-hybridized carbons (Fsp3) is 0.357. The molecule has 0 atom stereocenters. The molecular weight excluding hydrogens is 230 g/mol. The van der Waals surface area contributed by atoms with Crippen LogP contribution in [-0.4, -0.2) is 12.1 Å². The van der Waals surface area contributed by atoms with Gasteiger partial charge in [0.2, 0.25) is 0 Å². The molecule has 3 heteroatoms. The zero-order valence-corrected chi connectivity index (χ0v) is 11.5. The zero-order valence-electron chi connectivity index (χ0n) is 10.7. The van der Waals surface area contributed by atoms with Crippen molar-refractivity contribution in [3.05, 3.63) is 34.2 Å². The first kappa shape index (κ1) is 12.1. The molecule has 2 aromatic rings. The van der Waals surface area contributed by atoms with Gasteiger partial charge in [-0.2, -0.15) is 0 Å². The fourth-order valence-electron chi connectivity index (χ4n) is 1.81. The first-order valence-corrected chi connectivity index (χ1v) is 6.55. The summed E-state index contributed by atoms with van der Waals surface area (Å²) in [5.41, 5.74) is 2.24. The average molecular weight is 247 g/mol. The molecule has 2 rings (SSSR count). The molecule has 90 valence electrons. The van der Waals surface area contributed by atoms with Gasteiger partial charge in [0, 0.05) is 10.4 Å². The summed E-state index contributed by atoms with van der Waals surface area (Å²) in [4.78, 5) is 5.98. The Morgan fingerprint density at radius 1 is 1.29 bits per heavy atom. The maximum absolute atomic E-state index is 5.26. The quantitative estimate of drug-likeness (QED) is 0.809. The minimum Gasteiger partial charge on any atom is -0.497 e. The van der Waals surface area contributed by atoms with Crippen molar-refractivity contribution in [1.29, 1.82) is 0 Å². The number of aryl methyl sites for hydroxylation is 1. The number of hydrogen-bond donors (Lipinski definition) is 0. The van der Waals surface area contributed by atoms with E-state index in [4.69, 9.17) is 4.74 Å². The van der Waals surface area contributed by atoms with Gasteiger partial charge in [-0.1, -0.05) is 26.0 Å². The second-order valence-corrected chi connectivity index (χ2v) is 5.57. The van der Waals surface area contributed by atoms with E-state index >= 15 is 0 Å². The summed E-state index contributed by atoms with van der Waals surface area (Å²) in [6.45, 7) is 6.47. The Morgan fingerprint density at radius 2 is 2.06 bits per heavy atom. The number of ether oxygens (including phenoxy) is 1. The molecule has 0 spiro atoms. The van der Waals surface area contributed by atoms with Gasteiger partial charge in [0.05, 0.1) is 17.8 Å². The van der Waals surface area contributed by atoms with Crippen LogP contribution in [0.5, 0.6) is 5.75 Å². The summed E-state index contributed by atoms with van der Waals surface area (Å²) in [6.07, 6.45) is 0. The van der Waals surface area contributed by atoms with E-state index in [2.05, 4.69) is 31.8 Å². The molecule has 17 heavy (non-hydrogen) atoms. The Bertz CT molecular complexity index is 517. The van der Waals surface area contributed by atoms with Gasteiger partial charge in [-0.15, -0.1) is 11.3 Å². The number of rotatable bonds is 3. The van der Waals surface area contributed by atoms with Gasteiger partial charge in [-0.05, 0) is 25.0 Å². The van der Waals surface area contributed by atoms with Gasteiger partial charge in [0.15, 0.2) is 0 Å². The van der Waals surface area contributed by atoms with Crippen LogP contribution >= 0.6 is 11.3 Å². The highest BCUT2D eigenvalue weighted by Gasteiger charge is 2.14. The third-order valence-electron chi connectivity index (χ3n) is 2.63. The lowest BCUT2D eigenvalue weighted by molar-refractivity contribution is 0.415. The number of thiazole rings is 1. The number of hydrogen-bond acceptors (Lipinski definition) is 3. The van der Waals surface area contributed by atoms with Crippen molar-refractivity contribution in [2.45, 2.75) is 26.7 Å². The standard InChI is InChI=1S/C14H17NOS/c1-9(2)14-13(15-10(3)17-14)11-6-5-7-12(8-11)16-4/h5-9H,1-4H3.